The zero-order valence-corrected chi connectivity index (χ0v) is 18.7. The highest BCUT2D eigenvalue weighted by Gasteiger charge is 2.15. The maximum absolute atomic E-state index is 12.4. The van der Waals surface area contributed by atoms with Crippen molar-refractivity contribution in [2.45, 2.75) is 25.4 Å². The number of hydrogen-bond donors (Lipinski definition) is 2. The lowest BCUT2D eigenvalue weighted by Crippen LogP contribution is -2.17. The molecule has 2 aromatic carbocycles. The zero-order valence-electron chi connectivity index (χ0n) is 17.9. The molecule has 0 aliphatic carbocycles. The Morgan fingerprint density at radius 1 is 0.968 bits per heavy atom. The molecule has 1 aromatic heterocycles. The van der Waals surface area contributed by atoms with Crippen LogP contribution in [0, 0.1) is 13.8 Å². The lowest BCUT2D eigenvalue weighted by Gasteiger charge is -2.08. The molecular formula is C22H25N5O3S. The van der Waals surface area contributed by atoms with Gasteiger partial charge in [-0.25, -0.2) is 0 Å². The second-order valence-corrected chi connectivity index (χ2v) is 7.99. The third kappa shape index (κ3) is 6.08. The smallest absolute Gasteiger partial charge is 0.234 e. The molecule has 3 rings (SSSR count). The van der Waals surface area contributed by atoms with Crippen molar-refractivity contribution < 1.29 is 14.3 Å². The van der Waals surface area contributed by atoms with Gasteiger partial charge in [0.25, 0.3) is 0 Å². The number of thioether (sulfide) groups is 1. The summed E-state index contributed by atoms with van der Waals surface area (Å²) >= 11 is 1.26. The van der Waals surface area contributed by atoms with Gasteiger partial charge < -0.3 is 19.9 Å². The van der Waals surface area contributed by atoms with E-state index in [1.54, 1.807) is 43.0 Å². The molecule has 8 nitrogen and oxygen atoms in total. The van der Waals surface area contributed by atoms with Gasteiger partial charge >= 0.3 is 0 Å². The van der Waals surface area contributed by atoms with Crippen LogP contribution >= 0.6 is 11.8 Å². The molecule has 0 radical (unpaired) electrons. The standard InChI is InChI=1S/C22H25N5O3S/c1-14-5-6-17(11-15(14)2)24-20(28)12-19-25-26-22(27(19)3)31-13-21(29)23-16-7-9-18(30-4)10-8-16/h5-11H,12-13H2,1-4H3,(H,23,29)(H,24,28). The lowest BCUT2D eigenvalue weighted by atomic mass is 10.1. The van der Waals surface area contributed by atoms with Gasteiger partial charge in [-0.3, -0.25) is 9.59 Å². The average molecular weight is 440 g/mol. The van der Waals surface area contributed by atoms with E-state index in [4.69, 9.17) is 4.74 Å². The molecule has 0 bridgehead atoms. The number of hydrogen-bond acceptors (Lipinski definition) is 6. The first kappa shape index (κ1) is 22.4. The Bertz CT molecular complexity index is 1080. The molecule has 0 aliphatic heterocycles. The Hall–Kier alpha value is -3.33. The number of amides is 2. The minimum absolute atomic E-state index is 0.0923. The number of methoxy groups -OCH3 is 1. The van der Waals surface area contributed by atoms with Gasteiger partial charge in [0.2, 0.25) is 11.8 Å². The van der Waals surface area contributed by atoms with Gasteiger partial charge in [0.15, 0.2) is 5.16 Å². The largest absolute Gasteiger partial charge is 0.497 e. The van der Waals surface area contributed by atoms with Crippen molar-refractivity contribution in [3.8, 4) is 5.75 Å². The molecule has 0 spiro atoms. The Morgan fingerprint density at radius 3 is 2.32 bits per heavy atom. The number of nitrogens with one attached hydrogen (secondary N) is 2. The van der Waals surface area contributed by atoms with E-state index in [1.165, 1.54) is 17.3 Å². The first-order valence-corrected chi connectivity index (χ1v) is 10.7. The topological polar surface area (TPSA) is 98.1 Å². The number of carbonyl (C=O) groups excluding carboxylic acids is 2. The molecule has 0 saturated heterocycles. The van der Waals surface area contributed by atoms with Crippen molar-refractivity contribution in [2.24, 2.45) is 7.05 Å². The summed E-state index contributed by atoms with van der Waals surface area (Å²) in [5.41, 5.74) is 3.72. The minimum atomic E-state index is -0.174. The Kier molecular flexibility index (Phi) is 7.30. The summed E-state index contributed by atoms with van der Waals surface area (Å²) < 4.78 is 6.83. The van der Waals surface area contributed by atoms with E-state index in [-0.39, 0.29) is 24.0 Å². The number of anilines is 2. The van der Waals surface area contributed by atoms with Crippen LogP contribution in [0.25, 0.3) is 0 Å². The van der Waals surface area contributed by atoms with Crippen molar-refractivity contribution in [1.29, 1.82) is 0 Å². The Labute approximate surface area is 185 Å². The number of carbonyl (C=O) groups is 2. The average Bonchev–Trinajstić information content (AvgIpc) is 3.09. The fourth-order valence-electron chi connectivity index (χ4n) is 2.79. The minimum Gasteiger partial charge on any atom is -0.497 e. The van der Waals surface area contributed by atoms with E-state index in [0.29, 0.717) is 16.7 Å². The van der Waals surface area contributed by atoms with Crippen LogP contribution in [-0.4, -0.2) is 39.4 Å². The number of ether oxygens (including phenoxy) is 1. The van der Waals surface area contributed by atoms with Crippen molar-refractivity contribution >= 4 is 35.0 Å². The molecule has 0 atom stereocenters. The first-order chi connectivity index (χ1) is 14.9. The quantitative estimate of drug-likeness (QED) is 0.523. The van der Waals surface area contributed by atoms with Crippen LogP contribution in [0.3, 0.4) is 0 Å². The van der Waals surface area contributed by atoms with Crippen LogP contribution in [0.2, 0.25) is 0 Å². The van der Waals surface area contributed by atoms with Gasteiger partial charge in [0.1, 0.15) is 11.6 Å². The van der Waals surface area contributed by atoms with Crippen LogP contribution in [0.4, 0.5) is 11.4 Å². The predicted octanol–water partition coefficient (Wildman–Crippen LogP) is 3.35. The van der Waals surface area contributed by atoms with E-state index < -0.39 is 0 Å². The predicted molar refractivity (Wildman–Crippen MR) is 122 cm³/mol. The van der Waals surface area contributed by atoms with E-state index in [2.05, 4.69) is 20.8 Å². The second-order valence-electron chi connectivity index (χ2n) is 7.05. The van der Waals surface area contributed by atoms with Crippen molar-refractivity contribution in [2.75, 3.05) is 23.5 Å². The summed E-state index contributed by atoms with van der Waals surface area (Å²) in [5, 5.41) is 14.5. The number of aryl methyl sites for hydroxylation is 2. The summed E-state index contributed by atoms with van der Waals surface area (Å²) in [6.07, 6.45) is 0.0923. The number of aromatic nitrogens is 3. The highest BCUT2D eigenvalue weighted by Crippen LogP contribution is 2.19. The van der Waals surface area contributed by atoms with E-state index in [0.717, 1.165) is 17.0 Å². The molecular weight excluding hydrogens is 414 g/mol. The summed E-state index contributed by atoms with van der Waals surface area (Å²) in [7, 11) is 3.37. The van der Waals surface area contributed by atoms with Gasteiger partial charge in [0, 0.05) is 18.4 Å². The summed E-state index contributed by atoms with van der Waals surface area (Å²) in [4.78, 5) is 24.6. The summed E-state index contributed by atoms with van der Waals surface area (Å²) in [6, 6.07) is 12.9. The van der Waals surface area contributed by atoms with Gasteiger partial charge in [-0.2, -0.15) is 0 Å². The van der Waals surface area contributed by atoms with Crippen LogP contribution in [0.15, 0.2) is 47.6 Å². The zero-order chi connectivity index (χ0) is 22.4. The normalized spacial score (nSPS) is 10.6. The molecule has 0 unspecified atom stereocenters. The van der Waals surface area contributed by atoms with Gasteiger partial charge in [0.05, 0.1) is 19.3 Å². The molecule has 0 aliphatic rings. The van der Waals surface area contributed by atoms with Gasteiger partial charge in [-0.1, -0.05) is 17.8 Å². The van der Waals surface area contributed by atoms with E-state index in [1.807, 2.05) is 32.0 Å². The molecule has 2 N–H and O–H groups in total. The summed E-state index contributed by atoms with van der Waals surface area (Å²) in [6.45, 7) is 4.03. The molecule has 0 saturated carbocycles. The van der Waals surface area contributed by atoms with Crippen molar-refractivity contribution in [3.05, 3.63) is 59.4 Å². The van der Waals surface area contributed by atoms with E-state index in [9.17, 15) is 9.59 Å². The number of nitrogens with zero attached hydrogens (tertiary/aromatic N) is 3. The second kappa shape index (κ2) is 10.1. The highest BCUT2D eigenvalue weighted by molar-refractivity contribution is 7.99. The monoisotopic (exact) mass is 439 g/mol. The van der Waals surface area contributed by atoms with Crippen molar-refractivity contribution in [1.82, 2.24) is 14.8 Å². The third-order valence-corrected chi connectivity index (χ3v) is 5.76. The molecule has 1 heterocycles. The maximum atomic E-state index is 12.4. The molecule has 31 heavy (non-hydrogen) atoms. The first-order valence-electron chi connectivity index (χ1n) is 9.68. The highest BCUT2D eigenvalue weighted by atomic mass is 32.2. The van der Waals surface area contributed by atoms with Crippen LogP contribution in [-0.2, 0) is 23.1 Å². The Morgan fingerprint density at radius 2 is 1.65 bits per heavy atom. The van der Waals surface area contributed by atoms with Crippen LogP contribution < -0.4 is 15.4 Å². The lowest BCUT2D eigenvalue weighted by molar-refractivity contribution is -0.116. The van der Waals surface area contributed by atoms with Gasteiger partial charge in [-0.15, -0.1) is 10.2 Å². The fourth-order valence-corrected chi connectivity index (χ4v) is 3.52. The van der Waals surface area contributed by atoms with Gasteiger partial charge in [-0.05, 0) is 61.4 Å². The molecule has 0 fully saturated rings. The fraction of sp³-hybridized carbons (Fsp3) is 0.273. The van der Waals surface area contributed by atoms with Crippen LogP contribution in [0.1, 0.15) is 17.0 Å². The molecule has 2 amide bonds. The molecule has 3 aromatic rings. The third-order valence-electron chi connectivity index (χ3n) is 4.74. The molecule has 162 valence electrons. The number of rotatable bonds is 8. The van der Waals surface area contributed by atoms with Crippen molar-refractivity contribution in [3.63, 3.8) is 0 Å². The SMILES string of the molecule is COc1ccc(NC(=O)CSc2nnc(CC(=O)Nc3ccc(C)c(C)c3)n2C)cc1. The van der Waals surface area contributed by atoms with E-state index >= 15 is 0 Å². The van der Waals surface area contributed by atoms with Crippen LogP contribution in [0.5, 0.6) is 5.75 Å². The Balaban J connectivity index is 1.52. The molecule has 9 heteroatoms. The number of benzene rings is 2. The maximum Gasteiger partial charge on any atom is 0.234 e. The summed E-state index contributed by atoms with van der Waals surface area (Å²) in [5.74, 6) is 1.09.